The third-order valence-corrected chi connectivity index (χ3v) is 11.2. The zero-order chi connectivity index (χ0) is 32.8. The van der Waals surface area contributed by atoms with Crippen molar-refractivity contribution in [3.05, 3.63) is 210 Å². The van der Waals surface area contributed by atoms with E-state index in [0.29, 0.717) is 0 Å². The lowest BCUT2D eigenvalue weighted by atomic mass is 9.69. The number of hydrogen-bond acceptors (Lipinski definition) is 1. The highest BCUT2D eigenvalue weighted by molar-refractivity contribution is 6.30. The molecule has 9 aromatic carbocycles. The molecule has 0 heterocycles. The van der Waals surface area contributed by atoms with Gasteiger partial charge in [-0.25, -0.2) is 0 Å². The Morgan fingerprint density at radius 3 is 1.60 bits per heavy atom. The summed E-state index contributed by atoms with van der Waals surface area (Å²) < 4.78 is 0. The van der Waals surface area contributed by atoms with Gasteiger partial charge < -0.3 is 4.90 Å². The largest absolute Gasteiger partial charge is 0.310 e. The van der Waals surface area contributed by atoms with E-state index in [4.69, 9.17) is 0 Å². The standard InChI is InChI=1S/C49H31N/c1-4-15-32(16-5-1)33-29-42-38-22-11-10-21-37(38)41-24-14-26-44-47(41)48(42)46(30-33)49(44)43-25-13-12-23-39(43)40-28-27-36(31-45(40)49)50(34-17-6-2-7-18-34)35-19-8-3-9-20-35/h1-31H. The first-order valence-electron chi connectivity index (χ1n) is 17.4. The van der Waals surface area contributed by atoms with Gasteiger partial charge in [0.25, 0.3) is 0 Å². The van der Waals surface area contributed by atoms with Gasteiger partial charge in [-0.1, -0.05) is 140 Å². The third kappa shape index (κ3) is 3.56. The Kier molecular flexibility index (Phi) is 5.66. The molecule has 0 saturated carbocycles. The van der Waals surface area contributed by atoms with Crippen LogP contribution in [0.15, 0.2) is 188 Å². The van der Waals surface area contributed by atoms with Crippen LogP contribution in [-0.2, 0) is 5.41 Å². The van der Waals surface area contributed by atoms with Gasteiger partial charge in [0.1, 0.15) is 0 Å². The second-order valence-electron chi connectivity index (χ2n) is 13.6. The molecule has 1 nitrogen and oxygen atoms in total. The summed E-state index contributed by atoms with van der Waals surface area (Å²) in [6.07, 6.45) is 0. The van der Waals surface area contributed by atoms with Gasteiger partial charge in [-0.15, -0.1) is 0 Å². The summed E-state index contributed by atoms with van der Waals surface area (Å²) in [5.41, 5.74) is 13.5. The van der Waals surface area contributed by atoms with Crippen molar-refractivity contribution in [2.75, 3.05) is 4.90 Å². The number of benzene rings is 9. The Balaban J connectivity index is 1.30. The average Bonchev–Trinajstić information content (AvgIpc) is 3.66. The molecule has 1 spiro atoms. The summed E-state index contributed by atoms with van der Waals surface area (Å²) in [5, 5.41) is 8.03. The van der Waals surface area contributed by atoms with Gasteiger partial charge in [0.2, 0.25) is 0 Å². The SMILES string of the molecule is c1ccc(-c2cc3c4c(c2)c2ccccc2c2cccc(c24)C32c3ccccc3-c3ccc(N(c4ccccc4)c4ccccc4)cc32)cc1. The molecule has 11 rings (SSSR count). The van der Waals surface area contributed by atoms with Crippen LogP contribution in [0.4, 0.5) is 17.1 Å². The molecule has 0 aliphatic heterocycles. The van der Waals surface area contributed by atoms with E-state index in [1.165, 1.54) is 76.8 Å². The summed E-state index contributed by atoms with van der Waals surface area (Å²) in [6, 6.07) is 69.7. The number of fused-ring (bicyclic) bond motifs is 10. The molecule has 50 heavy (non-hydrogen) atoms. The lowest BCUT2D eigenvalue weighted by Gasteiger charge is -2.32. The monoisotopic (exact) mass is 633 g/mol. The Labute approximate surface area is 291 Å². The van der Waals surface area contributed by atoms with Crippen LogP contribution >= 0.6 is 0 Å². The van der Waals surface area contributed by atoms with Crippen molar-refractivity contribution >= 4 is 49.4 Å². The van der Waals surface area contributed by atoms with Crippen molar-refractivity contribution in [1.82, 2.24) is 0 Å². The molecule has 0 saturated heterocycles. The highest BCUT2D eigenvalue weighted by Gasteiger charge is 2.51. The van der Waals surface area contributed by atoms with Crippen molar-refractivity contribution in [3.63, 3.8) is 0 Å². The number of rotatable bonds is 4. The van der Waals surface area contributed by atoms with Gasteiger partial charge >= 0.3 is 0 Å². The summed E-state index contributed by atoms with van der Waals surface area (Å²) in [7, 11) is 0. The number of hydrogen-bond donors (Lipinski definition) is 0. The van der Waals surface area contributed by atoms with Crippen LogP contribution in [0.5, 0.6) is 0 Å². The first-order valence-corrected chi connectivity index (χ1v) is 17.4. The van der Waals surface area contributed by atoms with Crippen LogP contribution in [0.3, 0.4) is 0 Å². The molecule has 1 unspecified atom stereocenters. The van der Waals surface area contributed by atoms with E-state index in [-0.39, 0.29) is 0 Å². The number of anilines is 3. The van der Waals surface area contributed by atoms with Crippen LogP contribution in [0.1, 0.15) is 22.3 Å². The predicted octanol–water partition coefficient (Wildman–Crippen LogP) is 13.0. The lowest BCUT2D eigenvalue weighted by Crippen LogP contribution is -2.26. The first-order chi connectivity index (χ1) is 24.8. The molecule has 0 radical (unpaired) electrons. The fraction of sp³-hybridized carbons (Fsp3) is 0.0204. The van der Waals surface area contributed by atoms with Crippen LogP contribution in [0.25, 0.3) is 54.6 Å². The Morgan fingerprint density at radius 2 is 0.860 bits per heavy atom. The van der Waals surface area contributed by atoms with Gasteiger partial charge in [0.05, 0.1) is 5.41 Å². The molecule has 0 amide bonds. The van der Waals surface area contributed by atoms with E-state index in [0.717, 1.165) is 17.1 Å². The van der Waals surface area contributed by atoms with E-state index >= 15 is 0 Å². The van der Waals surface area contributed by atoms with Crippen LogP contribution in [0.2, 0.25) is 0 Å². The molecule has 0 N–H and O–H groups in total. The second-order valence-corrected chi connectivity index (χ2v) is 13.6. The molecule has 1 atom stereocenters. The van der Waals surface area contributed by atoms with Crippen LogP contribution in [0, 0.1) is 0 Å². The highest BCUT2D eigenvalue weighted by Crippen LogP contribution is 2.64. The normalized spacial score (nSPS) is 15.3. The van der Waals surface area contributed by atoms with Crippen LogP contribution < -0.4 is 4.90 Å². The van der Waals surface area contributed by atoms with Crippen LogP contribution in [-0.4, -0.2) is 0 Å². The van der Waals surface area contributed by atoms with Gasteiger partial charge in [0, 0.05) is 17.1 Å². The van der Waals surface area contributed by atoms with E-state index < -0.39 is 5.41 Å². The number of para-hydroxylation sites is 2. The summed E-state index contributed by atoms with van der Waals surface area (Å²) in [6.45, 7) is 0. The molecule has 0 fully saturated rings. The van der Waals surface area contributed by atoms with Gasteiger partial charge in [0.15, 0.2) is 0 Å². The minimum Gasteiger partial charge on any atom is -0.310 e. The van der Waals surface area contributed by atoms with E-state index in [9.17, 15) is 0 Å². The Hall–Kier alpha value is -6.44. The maximum absolute atomic E-state index is 2.51. The minimum atomic E-state index is -0.483. The molecule has 232 valence electrons. The van der Waals surface area contributed by atoms with E-state index in [1.807, 2.05) is 0 Å². The Bertz CT molecular complexity index is 2760. The lowest BCUT2D eigenvalue weighted by molar-refractivity contribution is 0.797. The van der Waals surface area contributed by atoms with Gasteiger partial charge in [-0.3, -0.25) is 0 Å². The van der Waals surface area contributed by atoms with Crippen molar-refractivity contribution in [1.29, 1.82) is 0 Å². The molecule has 0 bridgehead atoms. The zero-order valence-corrected chi connectivity index (χ0v) is 27.3. The second kappa shape index (κ2) is 10.3. The molecule has 0 aromatic heterocycles. The molecule has 9 aromatic rings. The van der Waals surface area contributed by atoms with Gasteiger partial charge in [-0.05, 0) is 125 Å². The summed E-state index contributed by atoms with van der Waals surface area (Å²) in [5.74, 6) is 0. The first kappa shape index (κ1) is 27.5. The zero-order valence-electron chi connectivity index (χ0n) is 27.3. The predicted molar refractivity (Wildman–Crippen MR) is 210 cm³/mol. The quantitative estimate of drug-likeness (QED) is 0.174. The molecule has 2 aliphatic rings. The van der Waals surface area contributed by atoms with Crippen molar-refractivity contribution in [3.8, 4) is 22.3 Å². The summed E-state index contributed by atoms with van der Waals surface area (Å²) in [4.78, 5) is 2.39. The fourth-order valence-electron chi connectivity index (χ4n) is 9.26. The maximum Gasteiger partial charge on any atom is 0.0726 e. The number of nitrogens with zero attached hydrogens (tertiary/aromatic N) is 1. The third-order valence-electron chi connectivity index (χ3n) is 11.2. The highest BCUT2D eigenvalue weighted by atomic mass is 15.1. The van der Waals surface area contributed by atoms with Crippen molar-refractivity contribution < 1.29 is 0 Å². The molecule has 1 heteroatoms. The van der Waals surface area contributed by atoms with E-state index in [2.05, 4.69) is 193 Å². The topological polar surface area (TPSA) is 3.24 Å². The van der Waals surface area contributed by atoms with Crippen molar-refractivity contribution in [2.24, 2.45) is 0 Å². The maximum atomic E-state index is 2.51. The smallest absolute Gasteiger partial charge is 0.0726 e. The molecule has 2 aliphatic carbocycles. The van der Waals surface area contributed by atoms with Crippen molar-refractivity contribution in [2.45, 2.75) is 5.41 Å². The average molecular weight is 634 g/mol. The summed E-state index contributed by atoms with van der Waals surface area (Å²) >= 11 is 0. The Morgan fingerprint density at radius 1 is 0.300 bits per heavy atom. The fourth-order valence-corrected chi connectivity index (χ4v) is 9.26. The minimum absolute atomic E-state index is 0.483. The van der Waals surface area contributed by atoms with Gasteiger partial charge in [-0.2, -0.15) is 0 Å². The molecular weight excluding hydrogens is 603 g/mol. The van der Waals surface area contributed by atoms with E-state index in [1.54, 1.807) is 0 Å². The molecular formula is C49H31N.